The Labute approximate surface area is 205 Å². The fraction of sp³-hybridized carbons (Fsp3) is 0.538. The molecule has 1 aromatic rings. The second kappa shape index (κ2) is 11.5. The number of ether oxygens (including phenoxy) is 3. The topological polar surface area (TPSA) is 149 Å². The van der Waals surface area contributed by atoms with Crippen molar-refractivity contribution < 1.29 is 39.1 Å². The number of nitrogens with two attached hydrogens (primary N) is 1. The molecule has 35 heavy (non-hydrogen) atoms. The summed E-state index contributed by atoms with van der Waals surface area (Å²) in [6, 6.07) is 4.21. The quantitative estimate of drug-likeness (QED) is 0.384. The van der Waals surface area contributed by atoms with Gasteiger partial charge >= 0.3 is 0 Å². The molecular formula is C26H35NO8. The smallest absolute Gasteiger partial charge is 0.201 e. The van der Waals surface area contributed by atoms with E-state index in [0.717, 1.165) is 6.08 Å². The molecule has 9 nitrogen and oxygen atoms in total. The van der Waals surface area contributed by atoms with Gasteiger partial charge in [-0.1, -0.05) is 19.1 Å². The zero-order valence-corrected chi connectivity index (χ0v) is 20.6. The Kier molecular flexibility index (Phi) is 8.84. The van der Waals surface area contributed by atoms with Crippen molar-refractivity contribution in [2.75, 3.05) is 7.11 Å². The molecule has 192 valence electrons. The third-order valence-corrected chi connectivity index (χ3v) is 6.50. The number of aliphatic hydroxyl groups excluding tert-OH is 3. The number of benzene rings is 1. The minimum absolute atomic E-state index is 0.102. The summed E-state index contributed by atoms with van der Waals surface area (Å²) >= 11 is 0. The largest absolute Gasteiger partial charge is 0.507 e. The Balaban J connectivity index is 1.98. The maximum absolute atomic E-state index is 13.4. The van der Waals surface area contributed by atoms with E-state index in [-0.39, 0.29) is 34.6 Å². The maximum Gasteiger partial charge on any atom is 0.201 e. The third-order valence-electron chi connectivity index (χ3n) is 6.50. The van der Waals surface area contributed by atoms with Crippen molar-refractivity contribution in [3.63, 3.8) is 0 Å². The van der Waals surface area contributed by atoms with Crippen molar-refractivity contribution in [1.82, 2.24) is 0 Å². The normalized spacial score (nSPS) is 27.0. The number of ketones is 2. The van der Waals surface area contributed by atoms with Crippen LogP contribution < -0.4 is 10.5 Å². The Morgan fingerprint density at radius 1 is 1.29 bits per heavy atom. The molecule has 2 unspecified atom stereocenters. The standard InChI is InChI=1S/C26H35NO8/c1-5-15(20(10-9-13(2)28)35-22-12-18(27)24(30)14(3)34-22)25(31)17-11-19(29)16-7-6-8-21(33-4)23(16)26(17)32/h6-8,11,13-14,18,20,22,24,28,30-31H,5,9-10,12,27H2,1-4H3/b25-15-/t13?,14-,18-,20-,22?,24+/m0/s1. The molecule has 0 spiro atoms. The fourth-order valence-corrected chi connectivity index (χ4v) is 4.52. The lowest BCUT2D eigenvalue weighted by Crippen LogP contribution is -2.52. The number of hydrogen-bond donors (Lipinski definition) is 4. The summed E-state index contributed by atoms with van der Waals surface area (Å²) < 4.78 is 17.2. The molecule has 2 aliphatic rings. The van der Waals surface area contributed by atoms with Gasteiger partial charge < -0.3 is 35.3 Å². The van der Waals surface area contributed by atoms with E-state index in [1.807, 2.05) is 0 Å². The molecule has 0 bridgehead atoms. The third kappa shape index (κ3) is 5.82. The van der Waals surface area contributed by atoms with Gasteiger partial charge in [0.15, 0.2) is 12.1 Å². The van der Waals surface area contributed by atoms with E-state index < -0.39 is 48.3 Å². The average Bonchev–Trinajstić information content (AvgIpc) is 2.82. The lowest BCUT2D eigenvalue weighted by atomic mass is 9.85. The molecule has 1 fully saturated rings. The predicted octanol–water partition coefficient (Wildman–Crippen LogP) is 2.59. The zero-order valence-electron chi connectivity index (χ0n) is 20.6. The van der Waals surface area contributed by atoms with E-state index in [0.29, 0.717) is 24.8 Å². The second-order valence-electron chi connectivity index (χ2n) is 9.07. The molecule has 0 radical (unpaired) electrons. The highest BCUT2D eigenvalue weighted by Gasteiger charge is 2.37. The lowest BCUT2D eigenvalue weighted by molar-refractivity contribution is -0.235. The van der Waals surface area contributed by atoms with Crippen LogP contribution in [0, 0.1) is 0 Å². The molecule has 1 aliphatic heterocycles. The second-order valence-corrected chi connectivity index (χ2v) is 9.07. The molecule has 3 rings (SSSR count). The van der Waals surface area contributed by atoms with Gasteiger partial charge in [-0.2, -0.15) is 0 Å². The summed E-state index contributed by atoms with van der Waals surface area (Å²) in [6.07, 6.45) is -1.11. The number of rotatable bonds is 9. The Bertz CT molecular complexity index is 1000. The SMILES string of the molecule is CC/C(=C(/O)C1=CC(=O)c2cccc(OC)c2C1=O)[C@H](CCC(C)O)OC1C[C@H](N)[C@H](O)[C@H](C)O1. The zero-order chi connectivity index (χ0) is 25.9. The van der Waals surface area contributed by atoms with Crippen LogP contribution in [0.25, 0.3) is 0 Å². The molecule has 0 amide bonds. The minimum atomic E-state index is -0.827. The molecule has 6 atom stereocenters. The first-order valence-corrected chi connectivity index (χ1v) is 11.9. The number of carbonyl (C=O) groups excluding carboxylic acids is 2. The van der Waals surface area contributed by atoms with Crippen molar-refractivity contribution >= 4 is 11.6 Å². The molecule has 1 aromatic carbocycles. The number of hydrogen-bond acceptors (Lipinski definition) is 9. The lowest BCUT2D eigenvalue weighted by Gasteiger charge is -2.38. The van der Waals surface area contributed by atoms with Crippen LogP contribution in [0.3, 0.4) is 0 Å². The van der Waals surface area contributed by atoms with Crippen molar-refractivity contribution in [3.8, 4) is 5.75 Å². The first-order valence-electron chi connectivity index (χ1n) is 11.9. The van der Waals surface area contributed by atoms with Gasteiger partial charge in [-0.25, -0.2) is 0 Å². The number of fused-ring (bicyclic) bond motifs is 1. The summed E-state index contributed by atoms with van der Waals surface area (Å²) in [5.74, 6) is -1.04. The van der Waals surface area contributed by atoms with Gasteiger partial charge in [0, 0.05) is 29.7 Å². The Morgan fingerprint density at radius 3 is 2.60 bits per heavy atom. The highest BCUT2D eigenvalue weighted by Crippen LogP contribution is 2.34. The van der Waals surface area contributed by atoms with Crippen molar-refractivity contribution in [2.24, 2.45) is 5.73 Å². The van der Waals surface area contributed by atoms with E-state index in [9.17, 15) is 24.9 Å². The van der Waals surface area contributed by atoms with E-state index in [1.165, 1.54) is 7.11 Å². The molecular weight excluding hydrogens is 454 g/mol. The average molecular weight is 490 g/mol. The molecule has 9 heteroatoms. The van der Waals surface area contributed by atoms with Gasteiger partial charge in [-0.05, 0) is 39.2 Å². The molecule has 0 aromatic heterocycles. The van der Waals surface area contributed by atoms with Crippen molar-refractivity contribution in [1.29, 1.82) is 0 Å². The van der Waals surface area contributed by atoms with Gasteiger partial charge in [0.05, 0.1) is 42.7 Å². The van der Waals surface area contributed by atoms with Crippen LogP contribution in [0.5, 0.6) is 5.75 Å². The van der Waals surface area contributed by atoms with E-state index in [4.69, 9.17) is 19.9 Å². The summed E-state index contributed by atoms with van der Waals surface area (Å²) in [6.45, 7) is 5.14. The van der Waals surface area contributed by atoms with Gasteiger partial charge in [0.25, 0.3) is 0 Å². The number of Topliss-reactive ketones (excluding diaryl/α,β-unsaturated/α-hetero) is 1. The molecule has 1 heterocycles. The minimum Gasteiger partial charge on any atom is -0.507 e. The maximum atomic E-state index is 13.4. The van der Waals surface area contributed by atoms with Crippen LogP contribution in [-0.2, 0) is 9.47 Å². The van der Waals surface area contributed by atoms with Crippen LogP contribution in [0.1, 0.15) is 67.2 Å². The van der Waals surface area contributed by atoms with E-state index in [2.05, 4.69) is 0 Å². The summed E-state index contributed by atoms with van der Waals surface area (Å²) in [7, 11) is 1.41. The van der Waals surface area contributed by atoms with Crippen molar-refractivity contribution in [3.05, 3.63) is 52.3 Å². The van der Waals surface area contributed by atoms with Crippen LogP contribution >= 0.6 is 0 Å². The summed E-state index contributed by atoms with van der Waals surface area (Å²) in [5.41, 5.74) is 6.60. The highest BCUT2D eigenvalue weighted by atomic mass is 16.7. The van der Waals surface area contributed by atoms with Gasteiger partial charge in [0.2, 0.25) is 5.78 Å². The number of methoxy groups -OCH3 is 1. The summed E-state index contributed by atoms with van der Waals surface area (Å²) in [4.78, 5) is 26.2. The molecule has 0 saturated carbocycles. The number of allylic oxidation sites excluding steroid dienone is 2. The number of carbonyl (C=O) groups is 2. The molecule has 1 saturated heterocycles. The van der Waals surface area contributed by atoms with Crippen molar-refractivity contribution in [2.45, 2.75) is 83.2 Å². The monoisotopic (exact) mass is 489 g/mol. The predicted molar refractivity (Wildman–Crippen MR) is 128 cm³/mol. The van der Waals surface area contributed by atoms with Crippen LogP contribution in [0.2, 0.25) is 0 Å². The molecule has 5 N–H and O–H groups in total. The van der Waals surface area contributed by atoms with Crippen LogP contribution in [-0.4, -0.2) is 70.7 Å². The summed E-state index contributed by atoms with van der Waals surface area (Å²) in [5, 5.41) is 31.2. The highest BCUT2D eigenvalue weighted by molar-refractivity contribution is 6.27. The number of aliphatic hydroxyl groups is 3. The van der Waals surface area contributed by atoms with Crippen LogP contribution in [0.15, 0.2) is 41.2 Å². The first kappa shape index (κ1) is 27.0. The molecule has 1 aliphatic carbocycles. The Morgan fingerprint density at radius 2 is 2.00 bits per heavy atom. The fourth-order valence-electron chi connectivity index (χ4n) is 4.52. The van der Waals surface area contributed by atoms with E-state index in [1.54, 1.807) is 39.0 Å². The van der Waals surface area contributed by atoms with Gasteiger partial charge in [-0.15, -0.1) is 0 Å². The first-order chi connectivity index (χ1) is 16.6. The Hall–Kier alpha value is -2.56. The van der Waals surface area contributed by atoms with Gasteiger partial charge in [-0.3, -0.25) is 9.59 Å². The van der Waals surface area contributed by atoms with Crippen LogP contribution in [0.4, 0.5) is 0 Å². The van der Waals surface area contributed by atoms with E-state index >= 15 is 0 Å². The van der Waals surface area contributed by atoms with Gasteiger partial charge in [0.1, 0.15) is 11.5 Å².